The van der Waals surface area contributed by atoms with Crippen LogP contribution in [0.1, 0.15) is 23.7 Å². The molecule has 0 atom stereocenters. The van der Waals surface area contributed by atoms with Gasteiger partial charge in [0.2, 0.25) is 5.95 Å². The number of nitrogens with one attached hydrogen (secondary N) is 1. The summed E-state index contributed by atoms with van der Waals surface area (Å²) in [6.45, 7) is 12.6. The largest absolute Gasteiger partial charge is 0.380 e. The lowest BCUT2D eigenvalue weighted by atomic mass is 10.2. The molecule has 0 unspecified atom stereocenters. The molecule has 5 rings (SSSR count). The lowest BCUT2D eigenvalue weighted by Gasteiger charge is -2.34. The van der Waals surface area contributed by atoms with Crippen LogP contribution in [0.2, 0.25) is 0 Å². The van der Waals surface area contributed by atoms with Gasteiger partial charge in [-0.05, 0) is 44.0 Å². The molecule has 0 saturated carbocycles. The minimum absolute atomic E-state index is 0.583. The second kappa shape index (κ2) is 11.0. The average molecular weight is 487 g/mol. The zero-order valence-corrected chi connectivity index (χ0v) is 21.3. The SMILES string of the molecule is CCOCCn1nc(C)c2nc(N3CCN(Cc4ccccc4)CC3)nc(Nc3cc(C)ccn3)c21. The van der Waals surface area contributed by atoms with Crippen molar-refractivity contribution >= 4 is 28.6 Å². The van der Waals surface area contributed by atoms with Crippen molar-refractivity contribution in [1.82, 2.24) is 29.6 Å². The zero-order chi connectivity index (χ0) is 24.9. The Labute approximate surface area is 212 Å². The van der Waals surface area contributed by atoms with E-state index in [1.165, 1.54) is 5.56 Å². The molecule has 1 N–H and O–H groups in total. The number of ether oxygens (including phenoxy) is 1. The molecule has 9 nitrogen and oxygen atoms in total. The molecule has 4 heterocycles. The molecule has 4 aromatic rings. The van der Waals surface area contributed by atoms with E-state index in [1.54, 1.807) is 6.20 Å². The number of aromatic nitrogens is 5. The highest BCUT2D eigenvalue weighted by atomic mass is 16.5. The first-order chi connectivity index (χ1) is 17.6. The predicted octanol–water partition coefficient (Wildman–Crippen LogP) is 3.94. The van der Waals surface area contributed by atoms with Crippen molar-refractivity contribution in [1.29, 1.82) is 0 Å². The minimum Gasteiger partial charge on any atom is -0.380 e. The van der Waals surface area contributed by atoms with Gasteiger partial charge in [0.1, 0.15) is 16.9 Å². The zero-order valence-electron chi connectivity index (χ0n) is 21.3. The Bertz CT molecular complexity index is 1300. The van der Waals surface area contributed by atoms with Crippen LogP contribution in [0.25, 0.3) is 11.0 Å². The topological polar surface area (TPSA) is 84.2 Å². The van der Waals surface area contributed by atoms with Crippen LogP contribution in [0.3, 0.4) is 0 Å². The van der Waals surface area contributed by atoms with Crippen molar-refractivity contribution < 1.29 is 4.74 Å². The third-order valence-corrected chi connectivity index (χ3v) is 6.46. The van der Waals surface area contributed by atoms with Gasteiger partial charge in [-0.1, -0.05) is 30.3 Å². The average Bonchev–Trinajstić information content (AvgIpc) is 3.21. The van der Waals surface area contributed by atoms with Crippen molar-refractivity contribution in [2.24, 2.45) is 0 Å². The van der Waals surface area contributed by atoms with Crippen LogP contribution in [0.15, 0.2) is 48.7 Å². The van der Waals surface area contributed by atoms with Gasteiger partial charge in [-0.2, -0.15) is 10.1 Å². The van der Waals surface area contributed by atoms with E-state index < -0.39 is 0 Å². The molecule has 0 aliphatic carbocycles. The molecule has 1 fully saturated rings. The predicted molar refractivity (Wildman–Crippen MR) is 143 cm³/mol. The highest BCUT2D eigenvalue weighted by molar-refractivity contribution is 5.90. The summed E-state index contributed by atoms with van der Waals surface area (Å²) in [6.07, 6.45) is 1.81. The van der Waals surface area contributed by atoms with Crippen LogP contribution in [0, 0.1) is 13.8 Å². The third-order valence-electron chi connectivity index (χ3n) is 6.46. The van der Waals surface area contributed by atoms with Gasteiger partial charge < -0.3 is 15.0 Å². The maximum absolute atomic E-state index is 5.59. The highest BCUT2D eigenvalue weighted by Crippen LogP contribution is 2.29. The quantitative estimate of drug-likeness (QED) is 0.356. The molecule has 1 aliphatic rings. The summed E-state index contributed by atoms with van der Waals surface area (Å²) in [6, 6.07) is 14.6. The van der Waals surface area contributed by atoms with E-state index in [1.807, 2.05) is 30.7 Å². The molecular formula is C27H34N8O. The molecule has 9 heteroatoms. The van der Waals surface area contributed by atoms with Gasteiger partial charge in [-0.15, -0.1) is 0 Å². The van der Waals surface area contributed by atoms with Crippen LogP contribution in [-0.4, -0.2) is 69.0 Å². The number of pyridine rings is 1. The van der Waals surface area contributed by atoms with E-state index in [0.717, 1.165) is 72.6 Å². The van der Waals surface area contributed by atoms with Gasteiger partial charge in [0, 0.05) is 45.5 Å². The summed E-state index contributed by atoms with van der Waals surface area (Å²) >= 11 is 0. The Balaban J connectivity index is 1.42. The van der Waals surface area contributed by atoms with E-state index in [-0.39, 0.29) is 0 Å². The van der Waals surface area contributed by atoms with Crippen LogP contribution >= 0.6 is 0 Å². The van der Waals surface area contributed by atoms with E-state index >= 15 is 0 Å². The van der Waals surface area contributed by atoms with Gasteiger partial charge >= 0.3 is 0 Å². The number of hydrogen-bond donors (Lipinski definition) is 1. The van der Waals surface area contributed by atoms with Gasteiger partial charge in [-0.3, -0.25) is 9.58 Å². The van der Waals surface area contributed by atoms with Gasteiger partial charge in [0.05, 0.1) is 18.8 Å². The molecule has 0 amide bonds. The third kappa shape index (κ3) is 5.47. The minimum atomic E-state index is 0.583. The number of hydrogen-bond acceptors (Lipinski definition) is 8. The maximum Gasteiger partial charge on any atom is 0.228 e. The molecule has 1 aliphatic heterocycles. The fourth-order valence-electron chi connectivity index (χ4n) is 4.58. The Hall–Kier alpha value is -3.56. The first-order valence-electron chi connectivity index (χ1n) is 12.6. The molecule has 0 spiro atoms. The van der Waals surface area contributed by atoms with Crippen LogP contribution in [0.5, 0.6) is 0 Å². The first kappa shape index (κ1) is 24.1. The summed E-state index contributed by atoms with van der Waals surface area (Å²) in [5, 5.41) is 8.23. The van der Waals surface area contributed by atoms with Crippen molar-refractivity contribution in [2.75, 3.05) is 49.6 Å². The number of anilines is 3. The molecule has 1 saturated heterocycles. The maximum atomic E-state index is 5.59. The number of piperazine rings is 1. The summed E-state index contributed by atoms with van der Waals surface area (Å²) < 4.78 is 7.54. The van der Waals surface area contributed by atoms with Crippen LogP contribution in [-0.2, 0) is 17.8 Å². The van der Waals surface area contributed by atoms with Crippen molar-refractivity contribution in [2.45, 2.75) is 33.9 Å². The normalized spacial score (nSPS) is 14.5. The summed E-state index contributed by atoms with van der Waals surface area (Å²) in [5.74, 6) is 2.20. The monoisotopic (exact) mass is 486 g/mol. The Morgan fingerprint density at radius 1 is 1.00 bits per heavy atom. The van der Waals surface area contributed by atoms with E-state index in [0.29, 0.717) is 19.8 Å². The molecule has 0 bridgehead atoms. The summed E-state index contributed by atoms with van der Waals surface area (Å²) in [5.41, 5.74) is 5.10. The van der Waals surface area contributed by atoms with E-state index in [9.17, 15) is 0 Å². The van der Waals surface area contributed by atoms with Crippen molar-refractivity contribution in [3.05, 3.63) is 65.5 Å². The first-order valence-corrected chi connectivity index (χ1v) is 12.6. The summed E-state index contributed by atoms with van der Waals surface area (Å²) in [4.78, 5) is 19.2. The molecule has 36 heavy (non-hydrogen) atoms. The molecular weight excluding hydrogens is 452 g/mol. The Morgan fingerprint density at radius 3 is 2.56 bits per heavy atom. The molecule has 1 aromatic carbocycles. The van der Waals surface area contributed by atoms with Crippen LogP contribution in [0.4, 0.5) is 17.6 Å². The summed E-state index contributed by atoms with van der Waals surface area (Å²) in [7, 11) is 0. The lowest BCUT2D eigenvalue weighted by Crippen LogP contribution is -2.46. The fourth-order valence-corrected chi connectivity index (χ4v) is 4.58. The van der Waals surface area contributed by atoms with E-state index in [4.69, 9.17) is 19.8 Å². The van der Waals surface area contributed by atoms with Gasteiger partial charge in [-0.25, -0.2) is 9.97 Å². The smallest absolute Gasteiger partial charge is 0.228 e. The molecule has 188 valence electrons. The van der Waals surface area contributed by atoms with Gasteiger partial charge in [0.15, 0.2) is 5.82 Å². The number of benzene rings is 1. The fraction of sp³-hybridized carbons (Fsp3) is 0.407. The lowest BCUT2D eigenvalue weighted by molar-refractivity contribution is 0.137. The highest BCUT2D eigenvalue weighted by Gasteiger charge is 2.23. The second-order valence-electron chi connectivity index (χ2n) is 9.17. The van der Waals surface area contributed by atoms with E-state index in [2.05, 4.69) is 57.4 Å². The Kier molecular flexibility index (Phi) is 7.39. The van der Waals surface area contributed by atoms with Gasteiger partial charge in [0.25, 0.3) is 0 Å². The number of rotatable bonds is 9. The van der Waals surface area contributed by atoms with Crippen LogP contribution < -0.4 is 10.2 Å². The number of aryl methyl sites for hydroxylation is 2. The van der Waals surface area contributed by atoms with Crippen molar-refractivity contribution in [3.8, 4) is 0 Å². The number of fused-ring (bicyclic) bond motifs is 1. The van der Waals surface area contributed by atoms with Crippen molar-refractivity contribution in [3.63, 3.8) is 0 Å². The Morgan fingerprint density at radius 2 is 1.81 bits per heavy atom. The second-order valence-corrected chi connectivity index (χ2v) is 9.17. The number of nitrogens with zero attached hydrogens (tertiary/aromatic N) is 7. The standard InChI is InChI=1S/C27H34N8O/c1-4-36-17-16-35-25-24(21(3)32-35)30-27(31-26(25)29-23-18-20(2)10-11-28-23)34-14-12-33(13-15-34)19-22-8-6-5-7-9-22/h5-11,18H,4,12-17,19H2,1-3H3,(H,28,29,30,31). The molecule has 3 aromatic heterocycles. The molecule has 0 radical (unpaired) electrons.